The highest BCUT2D eigenvalue weighted by Gasteiger charge is 2.27. The zero-order valence-corrected chi connectivity index (χ0v) is 60.6. The lowest BCUT2D eigenvalue weighted by Gasteiger charge is -2.24. The molecule has 0 aliphatic heterocycles. The van der Waals surface area contributed by atoms with Gasteiger partial charge in [0.2, 0.25) is 0 Å². The number of likely N-dealkylation sites (N-methyl/N-ethyl adjacent to an activating group) is 1. The molecule has 0 aromatic heterocycles. The summed E-state index contributed by atoms with van der Waals surface area (Å²) in [4.78, 5) is 35.9. The monoisotopic (exact) mass is 1270 g/mol. The lowest BCUT2D eigenvalue weighted by Crippen LogP contribution is -2.37. The van der Waals surface area contributed by atoms with Gasteiger partial charge in [-0.3, -0.25) is 18.6 Å². The number of ether oxygens (including phenoxy) is 2. The number of phosphoric ester groups is 1. The van der Waals surface area contributed by atoms with Crippen LogP contribution in [-0.2, 0) is 32.7 Å². The van der Waals surface area contributed by atoms with Crippen LogP contribution in [0.1, 0.15) is 380 Å². The van der Waals surface area contributed by atoms with Gasteiger partial charge in [0.15, 0.2) is 6.10 Å². The van der Waals surface area contributed by atoms with Crippen LogP contribution in [0.25, 0.3) is 0 Å². The molecule has 0 saturated heterocycles. The predicted molar refractivity (Wildman–Crippen MR) is 386 cm³/mol. The zero-order valence-electron chi connectivity index (χ0n) is 59.7. The maximum atomic E-state index is 12.9. The standard InChI is InChI=1S/C79H148NO8P/c1-6-8-10-12-14-16-18-20-22-24-26-28-30-32-34-36-37-38-39-40-41-42-43-44-46-48-50-52-54-56-58-60-62-64-66-68-70-72-79(82)88-77(76-87-89(83,84)86-74-73-80(3,4)5)75-85-78(81)71-69-67-65-63-61-59-57-55-53-51-49-47-45-35-33-31-29-27-25-23-21-19-17-15-13-11-9-7-2/h8,10,14,16,20,22,26,28,32,34,77H,6-7,9,11-13,15,17-19,21,23-25,27,29-31,33,35-76H2,1-5H3/p+1/b10-8-,16-14-,22-20-,28-26-,34-32-. The van der Waals surface area contributed by atoms with Gasteiger partial charge >= 0.3 is 19.8 Å². The quantitative estimate of drug-likeness (QED) is 0.0211. The van der Waals surface area contributed by atoms with E-state index in [1.165, 1.54) is 283 Å². The first kappa shape index (κ1) is 86.7. The number of allylic oxidation sites excluding steroid dienone is 10. The molecule has 0 radical (unpaired) electrons. The van der Waals surface area contributed by atoms with Gasteiger partial charge in [0.25, 0.3) is 0 Å². The van der Waals surface area contributed by atoms with Crippen molar-refractivity contribution in [2.75, 3.05) is 47.5 Å². The van der Waals surface area contributed by atoms with Gasteiger partial charge in [-0.2, -0.15) is 0 Å². The topological polar surface area (TPSA) is 108 Å². The molecule has 522 valence electrons. The maximum absolute atomic E-state index is 12.9. The minimum atomic E-state index is -4.39. The van der Waals surface area contributed by atoms with Gasteiger partial charge in [-0.25, -0.2) is 4.57 Å². The van der Waals surface area contributed by atoms with Crippen molar-refractivity contribution in [3.8, 4) is 0 Å². The Morgan fingerprint density at radius 1 is 0.360 bits per heavy atom. The molecule has 9 nitrogen and oxygen atoms in total. The smallest absolute Gasteiger partial charge is 0.462 e. The maximum Gasteiger partial charge on any atom is 0.472 e. The number of carbonyl (C=O) groups is 2. The van der Waals surface area contributed by atoms with E-state index in [0.717, 1.165) is 64.2 Å². The number of hydrogen-bond donors (Lipinski definition) is 1. The molecule has 0 spiro atoms. The van der Waals surface area contributed by atoms with Crippen LogP contribution in [0.4, 0.5) is 0 Å². The average molecular weight is 1270 g/mol. The van der Waals surface area contributed by atoms with E-state index in [2.05, 4.69) is 74.6 Å². The van der Waals surface area contributed by atoms with Crippen molar-refractivity contribution in [3.63, 3.8) is 0 Å². The number of hydrogen-bond acceptors (Lipinski definition) is 7. The van der Waals surface area contributed by atoms with Crippen molar-refractivity contribution in [1.82, 2.24) is 0 Å². The van der Waals surface area contributed by atoms with Gasteiger partial charge in [-0.05, 0) is 57.8 Å². The minimum absolute atomic E-state index is 0.0344. The number of carbonyl (C=O) groups excluding carboxylic acids is 2. The molecule has 0 aliphatic carbocycles. The summed E-state index contributed by atoms with van der Waals surface area (Å²) in [7, 11) is 1.50. The molecule has 0 rings (SSSR count). The highest BCUT2D eigenvalue weighted by atomic mass is 31.2. The molecule has 0 bridgehead atoms. The summed E-state index contributed by atoms with van der Waals surface area (Å²) in [5, 5.41) is 0. The Kier molecular flexibility index (Phi) is 68.2. The van der Waals surface area contributed by atoms with E-state index in [1.807, 2.05) is 21.1 Å². The van der Waals surface area contributed by atoms with Crippen molar-refractivity contribution >= 4 is 19.8 Å². The second-order valence-electron chi connectivity index (χ2n) is 27.4. The fourth-order valence-corrected chi connectivity index (χ4v) is 12.2. The Balaban J connectivity index is 3.93. The van der Waals surface area contributed by atoms with Gasteiger partial charge in [0, 0.05) is 12.8 Å². The van der Waals surface area contributed by atoms with Crippen LogP contribution in [0.2, 0.25) is 0 Å². The largest absolute Gasteiger partial charge is 0.472 e. The van der Waals surface area contributed by atoms with E-state index >= 15 is 0 Å². The molecule has 89 heavy (non-hydrogen) atoms. The van der Waals surface area contributed by atoms with Crippen LogP contribution < -0.4 is 0 Å². The summed E-state index contributed by atoms with van der Waals surface area (Å²) < 4.78 is 34.8. The van der Waals surface area contributed by atoms with Gasteiger partial charge in [-0.15, -0.1) is 0 Å². The molecule has 2 unspecified atom stereocenters. The summed E-state index contributed by atoms with van der Waals surface area (Å²) >= 11 is 0. The fourth-order valence-electron chi connectivity index (χ4n) is 11.5. The Labute approximate surface area is 553 Å². The Hall–Kier alpha value is -2.29. The summed E-state index contributed by atoms with van der Waals surface area (Å²) in [6.07, 6.45) is 93.6. The minimum Gasteiger partial charge on any atom is -0.462 e. The number of rotatable bonds is 72. The zero-order chi connectivity index (χ0) is 64.8. The van der Waals surface area contributed by atoms with Crippen LogP contribution >= 0.6 is 7.82 Å². The molecule has 1 N–H and O–H groups in total. The fraction of sp³-hybridized carbons (Fsp3) is 0.848. The third-order valence-electron chi connectivity index (χ3n) is 17.3. The van der Waals surface area contributed by atoms with E-state index in [9.17, 15) is 19.0 Å². The third kappa shape index (κ3) is 74.6. The predicted octanol–water partition coefficient (Wildman–Crippen LogP) is 25.3. The summed E-state index contributed by atoms with van der Waals surface area (Å²) in [6.45, 7) is 4.39. The normalized spacial score (nSPS) is 13.4. The number of quaternary nitrogens is 1. The molecule has 0 heterocycles. The van der Waals surface area contributed by atoms with Crippen LogP contribution in [-0.4, -0.2) is 74.9 Å². The highest BCUT2D eigenvalue weighted by Crippen LogP contribution is 2.43. The molecule has 0 aromatic rings. The SMILES string of the molecule is CC/C=C\C/C=C\C/C=C\C/C=C\C/C=C\CCCCCCCCCCCCCCCCCCCCCCCC(=O)OC(COC(=O)CCCCCCCCCCCCCCCCCCCCCCCCCCCCCC)COP(=O)(O)OCC[N+](C)(C)C. The molecular weight excluding hydrogens is 1120 g/mol. The number of phosphoric acid groups is 1. The van der Waals surface area contributed by atoms with Crippen molar-refractivity contribution in [2.24, 2.45) is 0 Å². The molecule has 0 aliphatic rings. The number of nitrogens with zero attached hydrogens (tertiary/aromatic N) is 1. The first-order valence-corrected chi connectivity index (χ1v) is 40.0. The molecule has 0 fully saturated rings. The first-order valence-electron chi connectivity index (χ1n) is 38.5. The average Bonchev–Trinajstić information content (AvgIpc) is 3.60. The van der Waals surface area contributed by atoms with Crippen LogP contribution in [0.3, 0.4) is 0 Å². The molecule has 2 atom stereocenters. The molecule has 0 aromatic carbocycles. The van der Waals surface area contributed by atoms with Crippen LogP contribution in [0.15, 0.2) is 60.8 Å². The Bertz CT molecular complexity index is 1690. The molecule has 0 amide bonds. The van der Waals surface area contributed by atoms with Gasteiger partial charge < -0.3 is 18.9 Å². The van der Waals surface area contributed by atoms with E-state index in [0.29, 0.717) is 23.9 Å². The van der Waals surface area contributed by atoms with Crippen molar-refractivity contribution in [1.29, 1.82) is 0 Å². The second-order valence-corrected chi connectivity index (χ2v) is 28.8. The number of unbranched alkanes of at least 4 members (excludes halogenated alkanes) is 48. The van der Waals surface area contributed by atoms with Gasteiger partial charge in [0.05, 0.1) is 27.7 Å². The van der Waals surface area contributed by atoms with Crippen molar-refractivity contribution in [2.45, 2.75) is 386 Å². The number of esters is 2. The summed E-state index contributed by atoms with van der Waals surface area (Å²) in [5.41, 5.74) is 0. The lowest BCUT2D eigenvalue weighted by atomic mass is 10.0. The van der Waals surface area contributed by atoms with Crippen LogP contribution in [0.5, 0.6) is 0 Å². The summed E-state index contributed by atoms with van der Waals surface area (Å²) in [5.74, 6) is -0.774. The second kappa shape index (κ2) is 70.0. The Morgan fingerprint density at radius 3 is 0.955 bits per heavy atom. The summed E-state index contributed by atoms with van der Waals surface area (Å²) in [6, 6.07) is 0. The van der Waals surface area contributed by atoms with Gasteiger partial charge in [-0.1, -0.05) is 370 Å². The van der Waals surface area contributed by atoms with Crippen molar-refractivity contribution < 1.29 is 42.1 Å². The highest BCUT2D eigenvalue weighted by molar-refractivity contribution is 7.47. The van der Waals surface area contributed by atoms with Crippen molar-refractivity contribution in [3.05, 3.63) is 60.8 Å². The van der Waals surface area contributed by atoms with E-state index in [-0.39, 0.29) is 25.6 Å². The lowest BCUT2D eigenvalue weighted by molar-refractivity contribution is -0.870. The van der Waals surface area contributed by atoms with Gasteiger partial charge in [0.1, 0.15) is 19.8 Å². The van der Waals surface area contributed by atoms with E-state index in [1.54, 1.807) is 0 Å². The van der Waals surface area contributed by atoms with E-state index < -0.39 is 26.5 Å². The van der Waals surface area contributed by atoms with Crippen LogP contribution in [0, 0.1) is 0 Å². The molecule has 10 heteroatoms. The molecule has 0 saturated carbocycles. The third-order valence-corrected chi connectivity index (χ3v) is 18.3. The van der Waals surface area contributed by atoms with E-state index in [4.69, 9.17) is 18.5 Å². The Morgan fingerprint density at radius 2 is 0.640 bits per heavy atom. The first-order chi connectivity index (χ1) is 43.5. The molecular formula is C79H149NO8P+.